The van der Waals surface area contributed by atoms with Crippen molar-refractivity contribution < 1.29 is 4.79 Å². The minimum absolute atomic E-state index is 0.123. The van der Waals surface area contributed by atoms with E-state index in [9.17, 15) is 9.59 Å². The molecule has 7 heteroatoms. The van der Waals surface area contributed by atoms with Crippen molar-refractivity contribution in [2.45, 2.75) is 44.1 Å². The van der Waals surface area contributed by atoms with E-state index in [0.29, 0.717) is 11.7 Å². The molecule has 0 bridgehead atoms. The maximum Gasteiger partial charge on any atom is 0.343 e. The number of hydrogen-bond acceptors (Lipinski definition) is 4. The lowest BCUT2D eigenvalue weighted by atomic mass is 10.1. The third kappa shape index (κ3) is 4.92. The molecule has 0 saturated heterocycles. The molecule has 1 atom stereocenters. The number of amides is 1. The van der Waals surface area contributed by atoms with Gasteiger partial charge < -0.3 is 5.32 Å². The highest BCUT2D eigenvalue weighted by molar-refractivity contribution is 8.00. The first-order chi connectivity index (χ1) is 13.4. The van der Waals surface area contributed by atoms with E-state index in [1.165, 1.54) is 11.8 Å². The summed E-state index contributed by atoms with van der Waals surface area (Å²) in [4.78, 5) is 24.7. The van der Waals surface area contributed by atoms with Crippen molar-refractivity contribution in [2.75, 3.05) is 5.32 Å². The van der Waals surface area contributed by atoms with Gasteiger partial charge >= 0.3 is 5.69 Å². The molecule has 0 aliphatic rings. The zero-order valence-corrected chi connectivity index (χ0v) is 17.0. The molecule has 0 radical (unpaired) electrons. The first kappa shape index (κ1) is 19.9. The molecular formula is C21H24N4O2S. The maximum absolute atomic E-state index is 12.6. The normalized spacial score (nSPS) is 12.0. The molecule has 1 unspecified atom stereocenters. The summed E-state index contributed by atoms with van der Waals surface area (Å²) in [5.74, 6) is -0.123. The summed E-state index contributed by atoms with van der Waals surface area (Å²) in [7, 11) is 0. The molecule has 2 aromatic carbocycles. The van der Waals surface area contributed by atoms with Crippen LogP contribution in [0.15, 0.2) is 58.5 Å². The second-order valence-electron chi connectivity index (χ2n) is 6.77. The van der Waals surface area contributed by atoms with Crippen molar-refractivity contribution in [1.82, 2.24) is 14.8 Å². The fourth-order valence-electron chi connectivity index (χ4n) is 2.88. The first-order valence-corrected chi connectivity index (χ1v) is 10.1. The maximum atomic E-state index is 12.6. The van der Waals surface area contributed by atoms with Gasteiger partial charge in [-0.05, 0) is 44.4 Å². The number of hydrogen-bond donors (Lipinski definition) is 2. The first-order valence-electron chi connectivity index (χ1n) is 9.18. The van der Waals surface area contributed by atoms with E-state index < -0.39 is 5.25 Å². The van der Waals surface area contributed by atoms with E-state index in [4.69, 9.17) is 0 Å². The number of thioether (sulfide) groups is 1. The fraction of sp³-hybridized carbons (Fsp3) is 0.286. The van der Waals surface area contributed by atoms with Crippen molar-refractivity contribution >= 4 is 23.4 Å². The van der Waals surface area contributed by atoms with Gasteiger partial charge in [-0.1, -0.05) is 59.8 Å². The number of rotatable bonds is 7. The third-order valence-electron chi connectivity index (χ3n) is 4.48. The van der Waals surface area contributed by atoms with E-state index in [2.05, 4.69) is 15.5 Å². The van der Waals surface area contributed by atoms with Gasteiger partial charge in [-0.15, -0.1) is 5.10 Å². The molecule has 0 aliphatic carbocycles. The molecule has 0 saturated carbocycles. The number of H-pyrrole nitrogens is 1. The van der Waals surface area contributed by atoms with Crippen LogP contribution in [-0.4, -0.2) is 25.9 Å². The van der Waals surface area contributed by atoms with Crippen LogP contribution in [-0.2, 0) is 17.8 Å². The van der Waals surface area contributed by atoms with Crippen LogP contribution in [0.25, 0.3) is 0 Å². The third-order valence-corrected chi connectivity index (χ3v) is 5.57. The number of benzene rings is 2. The summed E-state index contributed by atoms with van der Waals surface area (Å²) in [6, 6.07) is 15.9. The van der Waals surface area contributed by atoms with E-state index in [1.807, 2.05) is 69.3 Å². The molecule has 2 N–H and O–H groups in total. The van der Waals surface area contributed by atoms with Gasteiger partial charge in [-0.25, -0.2) is 9.89 Å². The number of nitrogens with zero attached hydrogens (tertiary/aromatic N) is 2. The number of aromatic nitrogens is 3. The minimum atomic E-state index is -0.397. The Morgan fingerprint density at radius 2 is 1.96 bits per heavy atom. The smallest absolute Gasteiger partial charge is 0.325 e. The lowest BCUT2D eigenvalue weighted by Crippen LogP contribution is -2.24. The highest BCUT2D eigenvalue weighted by Gasteiger charge is 2.19. The van der Waals surface area contributed by atoms with Gasteiger partial charge in [-0.3, -0.25) is 9.36 Å². The van der Waals surface area contributed by atoms with Gasteiger partial charge in [0, 0.05) is 12.2 Å². The van der Waals surface area contributed by atoms with Crippen molar-refractivity contribution in [3.8, 4) is 0 Å². The largest absolute Gasteiger partial charge is 0.343 e. The lowest BCUT2D eigenvalue weighted by molar-refractivity contribution is -0.115. The van der Waals surface area contributed by atoms with Crippen LogP contribution in [0.4, 0.5) is 5.69 Å². The van der Waals surface area contributed by atoms with Crippen LogP contribution >= 0.6 is 11.8 Å². The van der Waals surface area contributed by atoms with Crippen molar-refractivity contribution in [3.05, 3.63) is 75.7 Å². The molecule has 146 valence electrons. The van der Waals surface area contributed by atoms with Crippen LogP contribution < -0.4 is 11.0 Å². The molecule has 0 spiro atoms. The molecule has 6 nitrogen and oxygen atoms in total. The predicted octanol–water partition coefficient (Wildman–Crippen LogP) is 3.55. The number of carbonyl (C=O) groups excluding carboxylic acids is 1. The quantitative estimate of drug-likeness (QED) is 0.599. The second-order valence-corrected chi connectivity index (χ2v) is 8.07. The number of anilines is 1. The van der Waals surface area contributed by atoms with E-state index >= 15 is 0 Å². The molecular weight excluding hydrogens is 372 g/mol. The van der Waals surface area contributed by atoms with E-state index in [0.717, 1.165) is 28.8 Å². The van der Waals surface area contributed by atoms with E-state index in [1.54, 1.807) is 4.57 Å². The Labute approximate surface area is 168 Å². The van der Waals surface area contributed by atoms with Gasteiger partial charge in [0.1, 0.15) is 0 Å². The second kappa shape index (κ2) is 8.93. The fourth-order valence-corrected chi connectivity index (χ4v) is 3.76. The minimum Gasteiger partial charge on any atom is -0.325 e. The average Bonchev–Trinajstić information content (AvgIpc) is 3.02. The van der Waals surface area contributed by atoms with Gasteiger partial charge in [0.2, 0.25) is 5.91 Å². The Kier molecular flexibility index (Phi) is 6.36. The Bertz CT molecular complexity index is 1010. The summed E-state index contributed by atoms with van der Waals surface area (Å²) in [6.45, 7) is 6.30. The molecule has 3 aromatic rings. The number of aromatic amines is 1. The molecule has 0 aliphatic heterocycles. The van der Waals surface area contributed by atoms with Crippen molar-refractivity contribution in [2.24, 2.45) is 0 Å². The molecule has 3 rings (SSSR count). The topological polar surface area (TPSA) is 79.8 Å². The van der Waals surface area contributed by atoms with Gasteiger partial charge in [0.05, 0.1) is 5.25 Å². The van der Waals surface area contributed by atoms with Crippen molar-refractivity contribution in [1.29, 1.82) is 0 Å². The van der Waals surface area contributed by atoms with Gasteiger partial charge in [0.25, 0.3) is 0 Å². The average molecular weight is 397 g/mol. The summed E-state index contributed by atoms with van der Waals surface area (Å²) >= 11 is 1.27. The monoisotopic (exact) mass is 396 g/mol. The Hall–Kier alpha value is -2.80. The van der Waals surface area contributed by atoms with Crippen molar-refractivity contribution in [3.63, 3.8) is 0 Å². The summed E-state index contributed by atoms with van der Waals surface area (Å²) < 4.78 is 1.58. The molecule has 1 heterocycles. The molecule has 0 fully saturated rings. The van der Waals surface area contributed by atoms with Crippen LogP contribution in [0.3, 0.4) is 0 Å². The molecule has 28 heavy (non-hydrogen) atoms. The predicted molar refractivity (Wildman–Crippen MR) is 113 cm³/mol. The summed E-state index contributed by atoms with van der Waals surface area (Å²) in [6.07, 6.45) is 0.719. The van der Waals surface area contributed by atoms with Gasteiger partial charge in [0.15, 0.2) is 5.16 Å². The number of nitrogens with one attached hydrogen (secondary N) is 2. The zero-order chi connectivity index (χ0) is 20.1. The van der Waals surface area contributed by atoms with E-state index in [-0.39, 0.29) is 11.6 Å². The molecule has 1 aromatic heterocycles. The lowest BCUT2D eigenvalue weighted by Gasteiger charge is -2.14. The highest BCUT2D eigenvalue weighted by Crippen LogP contribution is 2.23. The number of carbonyl (C=O) groups is 1. The van der Waals surface area contributed by atoms with Crippen LogP contribution in [0.2, 0.25) is 0 Å². The summed E-state index contributed by atoms with van der Waals surface area (Å²) in [5, 5.41) is 9.66. The Morgan fingerprint density at radius 1 is 1.21 bits per heavy atom. The van der Waals surface area contributed by atoms with Crippen LogP contribution in [0.1, 0.15) is 23.6 Å². The van der Waals surface area contributed by atoms with Crippen LogP contribution in [0.5, 0.6) is 0 Å². The van der Waals surface area contributed by atoms with Gasteiger partial charge in [-0.2, -0.15) is 0 Å². The standard InChI is InChI=1S/C21H24N4O2S/c1-14-9-10-18(15(2)13-14)22-19(26)16(3)28-21-24-23-20(27)25(21)12-11-17-7-5-4-6-8-17/h4-10,13,16H,11-12H2,1-3H3,(H,22,26)(H,23,27). The summed E-state index contributed by atoms with van der Waals surface area (Å²) in [5.41, 5.74) is 3.85. The zero-order valence-electron chi connectivity index (χ0n) is 16.2. The molecule has 1 amide bonds. The SMILES string of the molecule is Cc1ccc(NC(=O)C(C)Sc2n[nH]c(=O)n2CCc2ccccc2)c(C)c1. The number of aryl methyl sites for hydroxylation is 3. The Morgan fingerprint density at radius 3 is 2.68 bits per heavy atom. The highest BCUT2D eigenvalue weighted by atomic mass is 32.2. The van der Waals surface area contributed by atoms with Crippen LogP contribution in [0, 0.1) is 13.8 Å². The Balaban J connectivity index is 1.66.